The van der Waals surface area contributed by atoms with Crippen molar-refractivity contribution in [1.82, 2.24) is 9.97 Å². The van der Waals surface area contributed by atoms with E-state index in [1.54, 1.807) is 4.98 Å². The van der Waals surface area contributed by atoms with Crippen LogP contribution in [0.15, 0.2) is 32.8 Å². The summed E-state index contributed by atoms with van der Waals surface area (Å²) in [6.45, 7) is 0. The lowest BCUT2D eigenvalue weighted by molar-refractivity contribution is -0.292. The molecule has 0 fully saturated rings. The van der Waals surface area contributed by atoms with Crippen LogP contribution in [0, 0.1) is 0 Å². The summed E-state index contributed by atoms with van der Waals surface area (Å²) < 4.78 is 77.9. The second-order valence-corrected chi connectivity index (χ2v) is 6.78. The van der Waals surface area contributed by atoms with Crippen molar-refractivity contribution < 1.29 is 26.2 Å². The maximum Gasteiger partial charge on any atom is 0.459 e. The number of alkyl halides is 5. The van der Waals surface area contributed by atoms with Crippen LogP contribution in [0.2, 0.25) is 10.0 Å². The lowest BCUT2D eigenvalue weighted by Crippen LogP contribution is -2.38. The molecule has 25 heavy (non-hydrogen) atoms. The van der Waals surface area contributed by atoms with E-state index in [0.717, 1.165) is 18.2 Å². The van der Waals surface area contributed by atoms with Crippen LogP contribution in [0.1, 0.15) is 5.69 Å². The van der Waals surface area contributed by atoms with E-state index in [4.69, 9.17) is 28.9 Å². The highest BCUT2D eigenvalue weighted by Gasteiger charge is 2.61. The van der Waals surface area contributed by atoms with Gasteiger partial charge in [-0.3, -0.25) is 9.78 Å². The molecule has 1 aromatic carbocycles. The zero-order valence-electron chi connectivity index (χ0n) is 11.6. The molecule has 2 aromatic rings. The van der Waals surface area contributed by atoms with Gasteiger partial charge < -0.3 is 5.73 Å². The molecular weight excluding hydrogens is 416 g/mol. The molecular formula is C12H6Cl2F5N3O2S. The minimum Gasteiger partial charge on any atom is -0.369 e. The van der Waals surface area contributed by atoms with Gasteiger partial charge in [-0.1, -0.05) is 23.2 Å². The minimum atomic E-state index is -6.09. The number of halogens is 7. The summed E-state index contributed by atoms with van der Waals surface area (Å²) in [5, 5.41) is -0.121. The van der Waals surface area contributed by atoms with Gasteiger partial charge >= 0.3 is 12.1 Å². The summed E-state index contributed by atoms with van der Waals surface area (Å²) >= 11 is 11.3. The third-order valence-corrected chi connectivity index (χ3v) is 5.01. The second-order valence-electron chi connectivity index (χ2n) is 4.55. The predicted octanol–water partition coefficient (Wildman–Crippen LogP) is 3.48. The van der Waals surface area contributed by atoms with Gasteiger partial charge in [-0.2, -0.15) is 22.0 Å². The summed E-state index contributed by atoms with van der Waals surface area (Å²) in [6, 6.07) is 3.15. The van der Waals surface area contributed by atoms with Crippen molar-refractivity contribution in [1.29, 1.82) is 0 Å². The Balaban J connectivity index is 2.75. The molecule has 0 amide bonds. The van der Waals surface area contributed by atoms with Gasteiger partial charge in [-0.05, 0) is 18.2 Å². The van der Waals surface area contributed by atoms with Gasteiger partial charge in [0.05, 0.1) is 20.8 Å². The first kappa shape index (κ1) is 19.6. The van der Waals surface area contributed by atoms with Crippen LogP contribution in [-0.4, -0.2) is 20.4 Å². The van der Waals surface area contributed by atoms with Gasteiger partial charge in [0, 0.05) is 4.90 Å². The lowest BCUT2D eigenvalue weighted by Gasteiger charge is -2.21. The zero-order valence-corrected chi connectivity index (χ0v) is 14.0. The number of aromatic amines is 1. The Kier molecular flexibility index (Phi) is 5.13. The molecule has 0 aliphatic heterocycles. The molecule has 0 saturated carbocycles. The highest BCUT2D eigenvalue weighted by molar-refractivity contribution is 7.85. The number of hydrogen-bond donors (Lipinski definition) is 2. The Hall–Kier alpha value is -1.72. The molecule has 1 unspecified atom stereocenters. The number of H-pyrrole nitrogens is 1. The average Bonchev–Trinajstić information content (AvgIpc) is 2.47. The number of anilines is 1. The fourth-order valence-electron chi connectivity index (χ4n) is 1.71. The molecule has 2 rings (SSSR count). The molecule has 0 bridgehead atoms. The van der Waals surface area contributed by atoms with E-state index in [1.165, 1.54) is 0 Å². The molecule has 5 nitrogen and oxygen atoms in total. The minimum absolute atomic E-state index is 0.0209. The summed E-state index contributed by atoms with van der Waals surface area (Å²) in [5.41, 5.74) is 1.49. The number of benzene rings is 1. The largest absolute Gasteiger partial charge is 0.459 e. The molecule has 1 aromatic heterocycles. The van der Waals surface area contributed by atoms with Gasteiger partial charge in [-0.15, -0.1) is 0 Å². The molecule has 3 N–H and O–H groups in total. The highest BCUT2D eigenvalue weighted by atomic mass is 35.5. The highest BCUT2D eigenvalue weighted by Crippen LogP contribution is 2.44. The van der Waals surface area contributed by atoms with Crippen molar-refractivity contribution in [3.05, 3.63) is 44.3 Å². The summed E-state index contributed by atoms with van der Waals surface area (Å²) in [7, 11) is -2.76. The van der Waals surface area contributed by atoms with Gasteiger partial charge in [0.25, 0.3) is 5.56 Å². The van der Waals surface area contributed by atoms with E-state index < -0.39 is 45.0 Å². The molecule has 0 saturated heterocycles. The number of hydrogen-bond acceptors (Lipinski definition) is 4. The van der Waals surface area contributed by atoms with Crippen LogP contribution in [0.25, 0.3) is 0 Å². The van der Waals surface area contributed by atoms with Crippen LogP contribution in [0.4, 0.5) is 27.9 Å². The monoisotopic (exact) mass is 421 g/mol. The van der Waals surface area contributed by atoms with Gasteiger partial charge in [0.1, 0.15) is 10.6 Å². The zero-order chi connectivity index (χ0) is 19.2. The molecule has 0 radical (unpaired) electrons. The van der Waals surface area contributed by atoms with Crippen molar-refractivity contribution in [3.8, 4) is 0 Å². The Morgan fingerprint density at radius 2 is 1.72 bits per heavy atom. The predicted molar refractivity (Wildman–Crippen MR) is 80.4 cm³/mol. The maximum absolute atomic E-state index is 13.7. The van der Waals surface area contributed by atoms with E-state index in [0.29, 0.717) is 0 Å². The number of nitrogens with two attached hydrogens (primary N) is 1. The maximum atomic E-state index is 13.7. The average molecular weight is 422 g/mol. The fourth-order valence-corrected chi connectivity index (χ4v) is 3.29. The van der Waals surface area contributed by atoms with E-state index >= 15 is 0 Å². The van der Waals surface area contributed by atoms with E-state index in [2.05, 4.69) is 4.98 Å². The van der Waals surface area contributed by atoms with Crippen molar-refractivity contribution >= 4 is 39.9 Å². The van der Waals surface area contributed by atoms with Crippen LogP contribution in [-0.2, 0) is 16.7 Å². The van der Waals surface area contributed by atoms with Crippen molar-refractivity contribution in [2.24, 2.45) is 0 Å². The topological polar surface area (TPSA) is 88.8 Å². The molecule has 0 aliphatic rings. The standard InChI is InChI=1S/C12H6Cl2F5N3O2S/c13-5-2-1-4(3-6(5)14)25(24)7-8(11(15,16)12(17,18)19)21-10(20)22-9(7)23/h1-3H,(H3,20,21,22,23). The van der Waals surface area contributed by atoms with Crippen LogP contribution < -0.4 is 11.3 Å². The fraction of sp³-hybridized carbons (Fsp3) is 0.167. The number of aromatic nitrogens is 2. The van der Waals surface area contributed by atoms with Crippen LogP contribution in [0.5, 0.6) is 0 Å². The lowest BCUT2D eigenvalue weighted by atomic mass is 10.2. The second kappa shape index (κ2) is 6.54. The van der Waals surface area contributed by atoms with Gasteiger partial charge in [-0.25, -0.2) is 9.19 Å². The van der Waals surface area contributed by atoms with E-state index in [-0.39, 0.29) is 14.9 Å². The molecule has 1 heterocycles. The van der Waals surface area contributed by atoms with Crippen LogP contribution in [0.3, 0.4) is 0 Å². The summed E-state index contributed by atoms with van der Waals surface area (Å²) in [6.07, 6.45) is -6.09. The Labute approximate surface area is 148 Å². The molecule has 0 spiro atoms. The van der Waals surface area contributed by atoms with Crippen molar-refractivity contribution in [3.63, 3.8) is 0 Å². The normalized spacial score (nSPS) is 13.7. The van der Waals surface area contributed by atoms with E-state index in [9.17, 15) is 31.0 Å². The summed E-state index contributed by atoms with van der Waals surface area (Å²) in [5.74, 6) is -6.55. The third-order valence-electron chi connectivity index (χ3n) is 2.84. The molecule has 0 aliphatic carbocycles. The van der Waals surface area contributed by atoms with Gasteiger partial charge in [0.2, 0.25) is 5.95 Å². The smallest absolute Gasteiger partial charge is 0.369 e. The molecule has 1 atom stereocenters. The SMILES string of the molecule is Nc1nc(C(F)(F)C(F)(F)F)c(S(=O)c2ccc(Cl)c(Cl)c2)c(=O)[nH]1. The third kappa shape index (κ3) is 3.62. The summed E-state index contributed by atoms with van der Waals surface area (Å²) in [4.78, 5) is 14.7. The Morgan fingerprint density at radius 3 is 2.24 bits per heavy atom. The first-order chi connectivity index (χ1) is 11.4. The van der Waals surface area contributed by atoms with Crippen molar-refractivity contribution in [2.75, 3.05) is 5.73 Å². The number of nitrogen functional groups attached to an aromatic ring is 1. The molecule has 136 valence electrons. The van der Waals surface area contributed by atoms with Crippen LogP contribution >= 0.6 is 23.2 Å². The number of rotatable bonds is 3. The Morgan fingerprint density at radius 1 is 1.12 bits per heavy atom. The Bertz CT molecular complexity index is 917. The molecule has 13 heteroatoms. The van der Waals surface area contributed by atoms with Crippen molar-refractivity contribution in [2.45, 2.75) is 21.9 Å². The number of nitrogens with one attached hydrogen (secondary N) is 1. The number of nitrogens with zero attached hydrogens (tertiary/aromatic N) is 1. The first-order valence-corrected chi connectivity index (χ1v) is 7.98. The van der Waals surface area contributed by atoms with Gasteiger partial charge in [0.15, 0.2) is 0 Å². The first-order valence-electron chi connectivity index (χ1n) is 6.08. The van der Waals surface area contributed by atoms with E-state index in [1.807, 2.05) is 0 Å². The quantitative estimate of drug-likeness (QED) is 0.742.